The number of fused-ring (bicyclic) bond motifs is 2. The van der Waals surface area contributed by atoms with E-state index in [0.717, 1.165) is 29.0 Å². The van der Waals surface area contributed by atoms with Crippen molar-refractivity contribution in [2.75, 3.05) is 6.54 Å². The number of rotatable bonds is 3. The lowest BCUT2D eigenvalue weighted by Gasteiger charge is -2.32. The highest BCUT2D eigenvalue weighted by atomic mass is 19.4. The molecule has 0 aromatic carbocycles. The number of carbonyl (C=O) groups excluding carboxylic acids is 1. The summed E-state index contributed by atoms with van der Waals surface area (Å²) in [5.41, 5.74) is 3.84. The standard InChI is InChI=1S/C21H16F3N9O2/c1-11-3-2-6-32-15(11)9-14(29-32)17-16-12(25-10-26-16)4-7-31(17)20(34)19-28-27-18(35-19)13-5-8-33(30-13)21(22,23)24/h2-3,5-6,8-10,17H,4,7H2,1H3,(H,25,26). The van der Waals surface area contributed by atoms with Gasteiger partial charge in [-0.15, -0.1) is 23.4 Å². The van der Waals surface area contributed by atoms with Crippen molar-refractivity contribution < 1.29 is 22.4 Å². The Hall–Kier alpha value is -4.49. The van der Waals surface area contributed by atoms with Crippen LogP contribution in [0.5, 0.6) is 0 Å². The van der Waals surface area contributed by atoms with Gasteiger partial charge >= 0.3 is 18.1 Å². The molecule has 0 fully saturated rings. The highest BCUT2D eigenvalue weighted by Crippen LogP contribution is 2.35. The van der Waals surface area contributed by atoms with Gasteiger partial charge in [-0.25, -0.2) is 9.50 Å². The van der Waals surface area contributed by atoms with Crippen LogP contribution in [0.4, 0.5) is 13.2 Å². The quantitative estimate of drug-likeness (QED) is 0.419. The molecule has 0 saturated carbocycles. The van der Waals surface area contributed by atoms with Crippen molar-refractivity contribution in [1.29, 1.82) is 0 Å². The number of aryl methyl sites for hydroxylation is 1. The van der Waals surface area contributed by atoms with E-state index in [0.29, 0.717) is 24.4 Å². The fraction of sp³-hybridized carbons (Fsp3) is 0.238. The van der Waals surface area contributed by atoms with E-state index >= 15 is 0 Å². The summed E-state index contributed by atoms with van der Waals surface area (Å²) in [6, 6.07) is 6.19. The van der Waals surface area contributed by atoms with Crippen molar-refractivity contribution in [2.24, 2.45) is 0 Å². The molecule has 1 amide bonds. The molecule has 0 radical (unpaired) electrons. The lowest BCUT2D eigenvalue weighted by atomic mass is 9.99. The topological polar surface area (TPSA) is 123 Å². The summed E-state index contributed by atoms with van der Waals surface area (Å²) >= 11 is 0. The highest BCUT2D eigenvalue weighted by Gasteiger charge is 2.38. The number of pyridine rings is 1. The van der Waals surface area contributed by atoms with Crippen LogP contribution in [0.2, 0.25) is 0 Å². The van der Waals surface area contributed by atoms with Crippen molar-refractivity contribution >= 4 is 11.4 Å². The second kappa shape index (κ2) is 7.51. The number of nitrogens with zero attached hydrogens (tertiary/aromatic N) is 8. The molecule has 1 atom stereocenters. The molecule has 5 aromatic rings. The average molecular weight is 483 g/mol. The summed E-state index contributed by atoms with van der Waals surface area (Å²) in [5.74, 6) is -1.26. The maximum absolute atomic E-state index is 13.5. The molecule has 178 valence electrons. The van der Waals surface area contributed by atoms with Crippen LogP contribution in [-0.4, -0.2) is 56.9 Å². The van der Waals surface area contributed by atoms with Crippen LogP contribution in [0.3, 0.4) is 0 Å². The predicted octanol–water partition coefficient (Wildman–Crippen LogP) is 2.88. The van der Waals surface area contributed by atoms with Gasteiger partial charge in [0.05, 0.1) is 23.2 Å². The molecule has 6 rings (SSSR count). The summed E-state index contributed by atoms with van der Waals surface area (Å²) in [5, 5.41) is 15.6. The van der Waals surface area contributed by atoms with Gasteiger partial charge in [-0.05, 0) is 30.7 Å². The van der Waals surface area contributed by atoms with Gasteiger partial charge in [0.1, 0.15) is 11.7 Å². The molecule has 1 N–H and O–H groups in total. The molecule has 5 aromatic heterocycles. The van der Waals surface area contributed by atoms with Crippen molar-refractivity contribution in [3.8, 4) is 11.6 Å². The predicted molar refractivity (Wildman–Crippen MR) is 112 cm³/mol. The maximum atomic E-state index is 13.5. The van der Waals surface area contributed by atoms with Gasteiger partial charge in [-0.3, -0.25) is 4.79 Å². The molecular formula is C21H16F3N9O2. The smallest absolute Gasteiger partial charge is 0.411 e. The van der Waals surface area contributed by atoms with Crippen LogP contribution >= 0.6 is 0 Å². The maximum Gasteiger partial charge on any atom is 0.504 e. The Labute approximate surface area is 194 Å². The monoisotopic (exact) mass is 483 g/mol. The SMILES string of the molecule is Cc1cccn2nc(C3c4nc[nH]c4CCN3C(=O)c3nnc(-c4ccn(C(F)(F)F)n4)o3)cc12. The number of carbonyl (C=O) groups is 1. The first-order valence-electron chi connectivity index (χ1n) is 10.5. The van der Waals surface area contributed by atoms with Crippen molar-refractivity contribution in [3.05, 3.63) is 71.5 Å². The molecule has 35 heavy (non-hydrogen) atoms. The summed E-state index contributed by atoms with van der Waals surface area (Å²) in [6.45, 7) is 2.27. The van der Waals surface area contributed by atoms with E-state index in [2.05, 4.69) is 30.4 Å². The Bertz CT molecular complexity index is 1560. The number of aromatic amines is 1. The average Bonchev–Trinajstić information content (AvgIpc) is 3.62. The lowest BCUT2D eigenvalue weighted by molar-refractivity contribution is -0.212. The van der Waals surface area contributed by atoms with E-state index in [-0.39, 0.29) is 22.2 Å². The molecule has 11 nitrogen and oxygen atoms in total. The number of alkyl halides is 3. The van der Waals surface area contributed by atoms with Gasteiger partial charge in [0.2, 0.25) is 0 Å². The van der Waals surface area contributed by atoms with Gasteiger partial charge in [0.15, 0.2) is 0 Å². The number of imidazole rings is 1. The van der Waals surface area contributed by atoms with E-state index in [1.165, 1.54) is 4.90 Å². The molecule has 0 saturated heterocycles. The van der Waals surface area contributed by atoms with Crippen LogP contribution < -0.4 is 0 Å². The van der Waals surface area contributed by atoms with Crippen molar-refractivity contribution in [3.63, 3.8) is 0 Å². The van der Waals surface area contributed by atoms with Crippen LogP contribution in [0.1, 0.15) is 39.4 Å². The number of nitrogens with one attached hydrogen (secondary N) is 1. The number of hydrogen-bond acceptors (Lipinski definition) is 7. The Morgan fingerprint density at radius 3 is 2.83 bits per heavy atom. The second-order valence-electron chi connectivity index (χ2n) is 8.03. The summed E-state index contributed by atoms with van der Waals surface area (Å²) in [6.07, 6.45) is -0.0656. The number of halogens is 3. The summed E-state index contributed by atoms with van der Waals surface area (Å²) in [4.78, 5) is 22.5. The Kier molecular flexibility index (Phi) is 4.52. The zero-order valence-corrected chi connectivity index (χ0v) is 18.1. The molecule has 6 heterocycles. The van der Waals surface area contributed by atoms with Gasteiger partial charge in [0.25, 0.3) is 5.89 Å². The minimum Gasteiger partial charge on any atom is -0.411 e. The van der Waals surface area contributed by atoms with Crippen LogP contribution in [0.15, 0.2) is 47.4 Å². The van der Waals surface area contributed by atoms with Crippen LogP contribution in [0, 0.1) is 6.92 Å². The van der Waals surface area contributed by atoms with E-state index < -0.39 is 18.2 Å². The molecule has 0 aliphatic carbocycles. The van der Waals surface area contributed by atoms with Crippen molar-refractivity contribution in [1.82, 2.24) is 44.5 Å². The van der Waals surface area contributed by atoms with E-state index in [1.54, 1.807) is 10.8 Å². The molecule has 1 aliphatic heterocycles. The Morgan fingerprint density at radius 1 is 1.20 bits per heavy atom. The summed E-state index contributed by atoms with van der Waals surface area (Å²) in [7, 11) is 0. The first-order valence-corrected chi connectivity index (χ1v) is 10.5. The number of hydrogen-bond donors (Lipinski definition) is 1. The van der Waals surface area contributed by atoms with Gasteiger partial charge in [-0.2, -0.15) is 14.9 Å². The highest BCUT2D eigenvalue weighted by molar-refractivity contribution is 5.90. The van der Waals surface area contributed by atoms with E-state index in [4.69, 9.17) is 4.42 Å². The van der Waals surface area contributed by atoms with Crippen LogP contribution in [-0.2, 0) is 12.7 Å². The molecule has 14 heteroatoms. The fourth-order valence-corrected chi connectivity index (χ4v) is 4.22. The molecule has 0 spiro atoms. The van der Waals surface area contributed by atoms with Crippen molar-refractivity contribution in [2.45, 2.75) is 25.7 Å². The Balaban J connectivity index is 1.37. The third kappa shape index (κ3) is 3.45. The fourth-order valence-electron chi connectivity index (χ4n) is 4.22. The number of aromatic nitrogens is 8. The molecular weight excluding hydrogens is 467 g/mol. The zero-order valence-electron chi connectivity index (χ0n) is 18.1. The van der Waals surface area contributed by atoms with E-state index in [9.17, 15) is 18.0 Å². The molecule has 1 aliphatic rings. The first kappa shape index (κ1) is 21.1. The second-order valence-corrected chi connectivity index (χ2v) is 8.03. The third-order valence-electron chi connectivity index (χ3n) is 5.87. The van der Waals surface area contributed by atoms with Gasteiger partial charge < -0.3 is 14.3 Å². The van der Waals surface area contributed by atoms with Gasteiger partial charge in [0, 0.05) is 31.1 Å². The molecule has 1 unspecified atom stereocenters. The molecule has 0 bridgehead atoms. The van der Waals surface area contributed by atoms with E-state index in [1.807, 2.05) is 31.3 Å². The van der Waals surface area contributed by atoms with Crippen LogP contribution in [0.25, 0.3) is 17.1 Å². The third-order valence-corrected chi connectivity index (χ3v) is 5.87. The first-order chi connectivity index (χ1) is 16.8. The number of amides is 1. The largest absolute Gasteiger partial charge is 0.504 e. The minimum absolute atomic E-state index is 0.181. The van der Waals surface area contributed by atoms with Gasteiger partial charge in [-0.1, -0.05) is 6.07 Å². The summed E-state index contributed by atoms with van der Waals surface area (Å²) < 4.78 is 45.5. The normalized spacial score (nSPS) is 16.1. The lowest BCUT2D eigenvalue weighted by Crippen LogP contribution is -2.41. The zero-order chi connectivity index (χ0) is 24.3. The Morgan fingerprint density at radius 2 is 2.06 bits per heavy atom. The minimum atomic E-state index is -4.69. The number of H-pyrrole nitrogens is 1.